The zero-order chi connectivity index (χ0) is 24.8. The lowest BCUT2D eigenvalue weighted by molar-refractivity contribution is -0.143. The lowest BCUT2D eigenvalue weighted by Crippen LogP contribution is -2.29. The first-order chi connectivity index (χ1) is 16.9. The van der Waals surface area contributed by atoms with E-state index < -0.39 is 5.97 Å². The lowest BCUT2D eigenvalue weighted by Gasteiger charge is -2.27. The second-order valence-corrected chi connectivity index (χ2v) is 9.14. The van der Waals surface area contributed by atoms with Crippen molar-refractivity contribution in [2.75, 3.05) is 5.32 Å². The Morgan fingerprint density at radius 3 is 2.91 bits per heavy atom. The Morgan fingerprint density at radius 1 is 1.29 bits per heavy atom. The van der Waals surface area contributed by atoms with Crippen LogP contribution in [0.15, 0.2) is 24.4 Å². The van der Waals surface area contributed by atoms with Gasteiger partial charge in [-0.2, -0.15) is 5.10 Å². The molecule has 186 valence electrons. The maximum Gasteiger partial charge on any atom is 0.306 e. The van der Waals surface area contributed by atoms with Crippen LogP contribution in [0.3, 0.4) is 0 Å². The number of aromatic nitrogens is 6. The van der Waals surface area contributed by atoms with Gasteiger partial charge in [-0.1, -0.05) is 18.6 Å². The van der Waals surface area contributed by atoms with Crippen LogP contribution in [0.1, 0.15) is 62.4 Å². The van der Waals surface area contributed by atoms with Crippen molar-refractivity contribution in [1.29, 1.82) is 0 Å². The molecule has 3 heterocycles. The van der Waals surface area contributed by atoms with E-state index in [9.17, 15) is 9.90 Å². The van der Waals surface area contributed by atoms with Crippen molar-refractivity contribution in [3.05, 3.63) is 41.3 Å². The summed E-state index contributed by atoms with van der Waals surface area (Å²) in [6, 6.07) is 5.79. The molecule has 0 amide bonds. The standard InChI is InChI=1S/C25H33N7O3/c1-4-5-7-17-12-23(29-27-14-17)26-15-21-24(30-31-32(21)3)20-10-11-22(16(2)28-20)35-19-9-6-8-18(13-19)25(33)34/h10-12,14,18-19H,4-9,13,15H2,1-3H3,(H,26,29)(H,33,34)/t18-,19?/m0/s1. The summed E-state index contributed by atoms with van der Waals surface area (Å²) < 4.78 is 7.87. The van der Waals surface area contributed by atoms with Crippen molar-refractivity contribution in [3.8, 4) is 17.1 Å². The van der Waals surface area contributed by atoms with Crippen LogP contribution in [0, 0.1) is 12.8 Å². The molecule has 0 aliphatic heterocycles. The first-order valence-electron chi connectivity index (χ1n) is 12.3. The van der Waals surface area contributed by atoms with Crippen molar-refractivity contribution >= 4 is 11.8 Å². The van der Waals surface area contributed by atoms with Gasteiger partial charge in [0, 0.05) is 7.05 Å². The number of hydrogen-bond donors (Lipinski definition) is 2. The van der Waals surface area contributed by atoms with Gasteiger partial charge in [-0.3, -0.25) is 4.79 Å². The normalized spacial score (nSPS) is 17.8. The SMILES string of the molecule is CCCCc1cnnc(NCc2c(-c3ccc(OC4CCC[C@H](C(=O)O)C4)c(C)n3)nnn2C)c1. The second kappa shape index (κ2) is 11.2. The van der Waals surface area contributed by atoms with Gasteiger partial charge in [-0.15, -0.1) is 10.2 Å². The molecule has 1 fully saturated rings. The zero-order valence-corrected chi connectivity index (χ0v) is 20.6. The first-order valence-corrected chi connectivity index (χ1v) is 12.3. The number of hydrogen-bond acceptors (Lipinski definition) is 8. The van der Waals surface area contributed by atoms with Crippen LogP contribution in [0.2, 0.25) is 0 Å². The van der Waals surface area contributed by atoms with Crippen molar-refractivity contribution in [2.24, 2.45) is 13.0 Å². The number of carboxylic acids is 1. The third kappa shape index (κ3) is 6.12. The summed E-state index contributed by atoms with van der Waals surface area (Å²) >= 11 is 0. The number of carbonyl (C=O) groups is 1. The van der Waals surface area contributed by atoms with Crippen LogP contribution in [0.25, 0.3) is 11.4 Å². The number of unbranched alkanes of at least 4 members (excludes halogenated alkanes) is 1. The maximum absolute atomic E-state index is 11.4. The van der Waals surface area contributed by atoms with E-state index in [1.54, 1.807) is 4.68 Å². The summed E-state index contributed by atoms with van der Waals surface area (Å²) in [5.41, 5.74) is 4.16. The van der Waals surface area contributed by atoms with Gasteiger partial charge < -0.3 is 15.2 Å². The molecule has 1 aliphatic carbocycles. The molecule has 0 bridgehead atoms. The number of pyridine rings is 1. The highest BCUT2D eigenvalue weighted by atomic mass is 16.5. The Kier molecular flexibility index (Phi) is 7.89. The van der Waals surface area contributed by atoms with E-state index >= 15 is 0 Å². The second-order valence-electron chi connectivity index (χ2n) is 9.14. The number of anilines is 1. The average molecular weight is 480 g/mol. The number of aliphatic carboxylic acids is 1. The molecule has 3 aromatic heterocycles. The number of ether oxygens (including phenoxy) is 1. The number of aryl methyl sites for hydroxylation is 3. The Balaban J connectivity index is 1.45. The minimum atomic E-state index is -0.744. The molecule has 2 N–H and O–H groups in total. The average Bonchev–Trinajstić information content (AvgIpc) is 3.23. The van der Waals surface area contributed by atoms with Crippen molar-refractivity contribution < 1.29 is 14.6 Å². The molecule has 1 unspecified atom stereocenters. The van der Waals surface area contributed by atoms with Gasteiger partial charge in [0.05, 0.1) is 41.8 Å². The van der Waals surface area contributed by atoms with E-state index in [-0.39, 0.29) is 12.0 Å². The molecule has 35 heavy (non-hydrogen) atoms. The van der Waals surface area contributed by atoms with Crippen molar-refractivity contribution in [1.82, 2.24) is 30.2 Å². The van der Waals surface area contributed by atoms with E-state index in [2.05, 4.69) is 32.7 Å². The summed E-state index contributed by atoms with van der Waals surface area (Å²) in [6.45, 7) is 4.54. The third-order valence-electron chi connectivity index (χ3n) is 6.46. The summed E-state index contributed by atoms with van der Waals surface area (Å²) in [5.74, 6) is 0.303. The number of nitrogens with zero attached hydrogens (tertiary/aromatic N) is 6. The van der Waals surface area contributed by atoms with E-state index in [0.29, 0.717) is 42.3 Å². The van der Waals surface area contributed by atoms with Crippen LogP contribution in [0.4, 0.5) is 5.82 Å². The molecule has 10 nitrogen and oxygen atoms in total. The molecule has 0 aromatic carbocycles. The zero-order valence-electron chi connectivity index (χ0n) is 20.6. The minimum absolute atomic E-state index is 0.110. The topological polar surface area (TPSA) is 128 Å². The summed E-state index contributed by atoms with van der Waals surface area (Å²) in [7, 11) is 1.85. The molecule has 0 spiro atoms. The molecule has 1 saturated carbocycles. The van der Waals surface area contributed by atoms with Crippen molar-refractivity contribution in [3.63, 3.8) is 0 Å². The van der Waals surface area contributed by atoms with Crippen LogP contribution in [-0.4, -0.2) is 47.4 Å². The fourth-order valence-electron chi connectivity index (χ4n) is 4.42. The monoisotopic (exact) mass is 479 g/mol. The van der Waals surface area contributed by atoms with Gasteiger partial charge >= 0.3 is 5.97 Å². The first kappa shape index (κ1) is 24.6. The summed E-state index contributed by atoms with van der Waals surface area (Å²) in [5, 5.41) is 29.5. The van der Waals surface area contributed by atoms with E-state index in [1.165, 1.54) is 0 Å². The Morgan fingerprint density at radius 2 is 2.14 bits per heavy atom. The molecule has 3 aromatic rings. The van der Waals surface area contributed by atoms with Gasteiger partial charge in [0.1, 0.15) is 17.3 Å². The highest BCUT2D eigenvalue weighted by Crippen LogP contribution is 2.30. The number of rotatable bonds is 10. The molecule has 0 radical (unpaired) electrons. The van der Waals surface area contributed by atoms with Crippen LogP contribution in [-0.2, 0) is 24.8 Å². The number of nitrogens with one attached hydrogen (secondary N) is 1. The van der Waals surface area contributed by atoms with Gasteiger partial charge in [0.2, 0.25) is 0 Å². The Labute approximate surface area is 205 Å². The fourth-order valence-corrected chi connectivity index (χ4v) is 4.42. The van der Waals surface area contributed by atoms with Gasteiger partial charge in [-0.05, 0) is 69.2 Å². The summed E-state index contributed by atoms with van der Waals surface area (Å²) in [4.78, 5) is 16.1. The maximum atomic E-state index is 11.4. The molecule has 4 rings (SSSR count). The van der Waals surface area contributed by atoms with Crippen LogP contribution >= 0.6 is 0 Å². The van der Waals surface area contributed by atoms with E-state index in [1.807, 2.05) is 38.4 Å². The third-order valence-corrected chi connectivity index (χ3v) is 6.46. The molecule has 10 heteroatoms. The quantitative estimate of drug-likeness (QED) is 0.444. The van der Waals surface area contributed by atoms with Crippen molar-refractivity contribution in [2.45, 2.75) is 71.4 Å². The molecule has 1 aliphatic rings. The largest absolute Gasteiger partial charge is 0.489 e. The molecule has 2 atom stereocenters. The lowest BCUT2D eigenvalue weighted by atomic mass is 9.87. The smallest absolute Gasteiger partial charge is 0.306 e. The molecule has 0 saturated heterocycles. The Hall–Kier alpha value is -3.56. The predicted octanol–water partition coefficient (Wildman–Crippen LogP) is 3.95. The predicted molar refractivity (Wildman–Crippen MR) is 131 cm³/mol. The van der Waals surface area contributed by atoms with Gasteiger partial charge in [-0.25, -0.2) is 9.67 Å². The van der Waals surface area contributed by atoms with Gasteiger partial charge in [0.25, 0.3) is 0 Å². The molecular weight excluding hydrogens is 446 g/mol. The Bertz CT molecular complexity index is 1160. The fraction of sp³-hybridized carbons (Fsp3) is 0.520. The van der Waals surface area contributed by atoms with Crippen LogP contribution < -0.4 is 10.1 Å². The molecular formula is C25H33N7O3. The highest BCUT2D eigenvalue weighted by Gasteiger charge is 2.28. The van der Waals surface area contributed by atoms with Gasteiger partial charge in [0.15, 0.2) is 0 Å². The minimum Gasteiger partial charge on any atom is -0.489 e. The summed E-state index contributed by atoms with van der Waals surface area (Å²) in [6.07, 6.45) is 7.88. The van der Waals surface area contributed by atoms with Crippen LogP contribution in [0.5, 0.6) is 5.75 Å². The highest BCUT2D eigenvalue weighted by molar-refractivity contribution is 5.70. The van der Waals surface area contributed by atoms with E-state index in [0.717, 1.165) is 49.1 Å². The van der Waals surface area contributed by atoms with E-state index in [4.69, 9.17) is 9.72 Å². The number of carboxylic acid groups (broad SMARTS) is 1.